The minimum atomic E-state index is -0.500. The lowest BCUT2D eigenvalue weighted by atomic mass is 10.3. The monoisotopic (exact) mass is 263 g/mol. The Balaban J connectivity index is 2.32. The van der Waals surface area contributed by atoms with Gasteiger partial charge in [0.2, 0.25) is 5.88 Å². The second-order valence-electron chi connectivity index (χ2n) is 3.41. The van der Waals surface area contributed by atoms with Crippen LogP contribution in [0.3, 0.4) is 0 Å². The number of hydrogen-bond acceptors (Lipinski definition) is 4. The van der Waals surface area contributed by atoms with Gasteiger partial charge >= 0.3 is 5.97 Å². The zero-order valence-electron chi connectivity index (χ0n) is 9.59. The highest BCUT2D eigenvalue weighted by molar-refractivity contribution is 6.30. The van der Waals surface area contributed by atoms with Crippen LogP contribution in [0.25, 0.3) is 0 Å². The van der Waals surface area contributed by atoms with E-state index < -0.39 is 5.97 Å². The van der Waals surface area contributed by atoms with Crippen molar-refractivity contribution in [2.45, 2.75) is 0 Å². The van der Waals surface area contributed by atoms with Crippen molar-refractivity contribution in [1.29, 1.82) is 0 Å². The van der Waals surface area contributed by atoms with Crippen molar-refractivity contribution >= 4 is 17.6 Å². The number of carbonyl (C=O) groups excluding carboxylic acids is 1. The van der Waals surface area contributed by atoms with Gasteiger partial charge in [-0.15, -0.1) is 0 Å². The molecule has 5 heteroatoms. The van der Waals surface area contributed by atoms with E-state index in [0.29, 0.717) is 10.8 Å². The fourth-order valence-corrected chi connectivity index (χ4v) is 1.56. The Kier molecular flexibility index (Phi) is 3.79. The summed E-state index contributed by atoms with van der Waals surface area (Å²) in [5.74, 6) is 0.193. The third kappa shape index (κ3) is 2.78. The topological polar surface area (TPSA) is 48.4 Å². The minimum Gasteiger partial charge on any atom is -0.465 e. The molecule has 92 valence electrons. The standard InChI is InChI=1S/C13H10ClNO3/c1-17-13(16)11-6-3-7-15-12(11)18-10-5-2-4-9(14)8-10/h2-8H,1H3. The number of methoxy groups -OCH3 is 1. The van der Waals surface area contributed by atoms with Crippen molar-refractivity contribution in [3.8, 4) is 11.6 Å². The first kappa shape index (κ1) is 12.4. The Morgan fingerprint density at radius 1 is 1.28 bits per heavy atom. The van der Waals surface area contributed by atoms with Crippen LogP contribution in [0.15, 0.2) is 42.6 Å². The molecule has 0 bridgehead atoms. The van der Waals surface area contributed by atoms with Crippen LogP contribution in [0.2, 0.25) is 5.02 Å². The van der Waals surface area contributed by atoms with Crippen molar-refractivity contribution in [3.05, 3.63) is 53.2 Å². The lowest BCUT2D eigenvalue weighted by molar-refractivity contribution is 0.0597. The number of hydrogen-bond donors (Lipinski definition) is 0. The smallest absolute Gasteiger partial charge is 0.343 e. The number of carbonyl (C=O) groups is 1. The number of halogens is 1. The van der Waals surface area contributed by atoms with Gasteiger partial charge in [-0.2, -0.15) is 0 Å². The number of esters is 1. The molecule has 0 saturated heterocycles. The molecule has 0 N–H and O–H groups in total. The summed E-state index contributed by atoms with van der Waals surface area (Å²) < 4.78 is 10.2. The third-order valence-electron chi connectivity index (χ3n) is 2.19. The molecule has 0 saturated carbocycles. The van der Waals surface area contributed by atoms with E-state index in [9.17, 15) is 4.79 Å². The normalized spacial score (nSPS) is 9.89. The first-order chi connectivity index (χ1) is 8.70. The zero-order chi connectivity index (χ0) is 13.0. The fourth-order valence-electron chi connectivity index (χ4n) is 1.38. The molecule has 2 rings (SSSR count). The Bertz CT molecular complexity index is 572. The van der Waals surface area contributed by atoms with E-state index >= 15 is 0 Å². The van der Waals surface area contributed by atoms with E-state index in [1.54, 1.807) is 36.4 Å². The van der Waals surface area contributed by atoms with E-state index in [0.717, 1.165) is 0 Å². The van der Waals surface area contributed by atoms with Crippen molar-refractivity contribution in [2.24, 2.45) is 0 Å². The highest BCUT2D eigenvalue weighted by atomic mass is 35.5. The predicted molar refractivity (Wildman–Crippen MR) is 67.1 cm³/mol. The molecule has 0 radical (unpaired) electrons. The van der Waals surface area contributed by atoms with Gasteiger partial charge in [0, 0.05) is 11.2 Å². The Morgan fingerprint density at radius 2 is 2.11 bits per heavy atom. The number of ether oxygens (including phenoxy) is 2. The van der Waals surface area contributed by atoms with E-state index in [1.165, 1.54) is 13.3 Å². The van der Waals surface area contributed by atoms with Gasteiger partial charge in [0.15, 0.2) is 0 Å². The minimum absolute atomic E-state index is 0.187. The second kappa shape index (κ2) is 5.51. The molecule has 1 aromatic heterocycles. The van der Waals surface area contributed by atoms with Crippen LogP contribution in [0, 0.1) is 0 Å². The molecule has 0 atom stereocenters. The molecule has 0 unspecified atom stereocenters. The van der Waals surface area contributed by atoms with Gasteiger partial charge in [-0.25, -0.2) is 9.78 Å². The van der Waals surface area contributed by atoms with E-state index in [-0.39, 0.29) is 11.4 Å². The zero-order valence-corrected chi connectivity index (χ0v) is 10.3. The highest BCUT2D eigenvalue weighted by Crippen LogP contribution is 2.25. The summed E-state index contributed by atoms with van der Waals surface area (Å²) in [4.78, 5) is 15.5. The van der Waals surface area contributed by atoms with Crippen LogP contribution >= 0.6 is 11.6 Å². The van der Waals surface area contributed by atoms with Crippen LogP contribution in [0.5, 0.6) is 11.6 Å². The first-order valence-electron chi connectivity index (χ1n) is 5.17. The molecule has 1 heterocycles. The molecule has 18 heavy (non-hydrogen) atoms. The van der Waals surface area contributed by atoms with E-state index in [4.69, 9.17) is 16.3 Å². The predicted octanol–water partition coefficient (Wildman–Crippen LogP) is 3.31. The number of aromatic nitrogens is 1. The van der Waals surface area contributed by atoms with Crippen molar-refractivity contribution < 1.29 is 14.3 Å². The molecule has 4 nitrogen and oxygen atoms in total. The summed E-state index contributed by atoms with van der Waals surface area (Å²) in [6, 6.07) is 10.1. The van der Waals surface area contributed by atoms with Crippen LogP contribution in [-0.2, 0) is 4.74 Å². The average molecular weight is 264 g/mol. The van der Waals surface area contributed by atoms with Gasteiger partial charge in [-0.3, -0.25) is 0 Å². The van der Waals surface area contributed by atoms with Gasteiger partial charge in [0.1, 0.15) is 11.3 Å². The van der Waals surface area contributed by atoms with Crippen molar-refractivity contribution in [2.75, 3.05) is 7.11 Å². The van der Waals surface area contributed by atoms with Crippen molar-refractivity contribution in [3.63, 3.8) is 0 Å². The Hall–Kier alpha value is -2.07. The molecular weight excluding hydrogens is 254 g/mol. The summed E-state index contributed by atoms with van der Waals surface area (Å²) in [5, 5.41) is 0.544. The summed E-state index contributed by atoms with van der Waals surface area (Å²) in [6.45, 7) is 0. The largest absolute Gasteiger partial charge is 0.465 e. The first-order valence-corrected chi connectivity index (χ1v) is 5.55. The summed E-state index contributed by atoms with van der Waals surface area (Å²) >= 11 is 5.85. The molecule has 0 aliphatic rings. The lowest BCUT2D eigenvalue weighted by Gasteiger charge is -2.08. The van der Waals surface area contributed by atoms with Crippen molar-refractivity contribution in [1.82, 2.24) is 4.98 Å². The molecule has 0 amide bonds. The highest BCUT2D eigenvalue weighted by Gasteiger charge is 2.14. The average Bonchev–Trinajstić information content (AvgIpc) is 2.38. The van der Waals surface area contributed by atoms with Crippen LogP contribution in [0.1, 0.15) is 10.4 Å². The van der Waals surface area contributed by atoms with Gasteiger partial charge < -0.3 is 9.47 Å². The molecule has 0 fully saturated rings. The van der Waals surface area contributed by atoms with Crippen LogP contribution in [0.4, 0.5) is 0 Å². The third-order valence-corrected chi connectivity index (χ3v) is 2.42. The van der Waals surface area contributed by atoms with Gasteiger partial charge in [0.25, 0.3) is 0 Å². The van der Waals surface area contributed by atoms with Gasteiger partial charge in [-0.05, 0) is 30.3 Å². The van der Waals surface area contributed by atoms with Gasteiger partial charge in [0.05, 0.1) is 7.11 Å². The van der Waals surface area contributed by atoms with Crippen LogP contribution < -0.4 is 4.74 Å². The summed E-state index contributed by atoms with van der Waals surface area (Å²) in [7, 11) is 1.30. The van der Waals surface area contributed by atoms with E-state index in [2.05, 4.69) is 9.72 Å². The summed E-state index contributed by atoms with van der Waals surface area (Å²) in [5.41, 5.74) is 0.264. The Morgan fingerprint density at radius 3 is 2.83 bits per heavy atom. The molecule has 0 aliphatic carbocycles. The fraction of sp³-hybridized carbons (Fsp3) is 0.0769. The summed E-state index contributed by atoms with van der Waals surface area (Å²) in [6.07, 6.45) is 1.53. The molecule has 0 spiro atoms. The molecule has 2 aromatic rings. The molecule has 1 aromatic carbocycles. The van der Waals surface area contributed by atoms with E-state index in [1.807, 2.05) is 0 Å². The quantitative estimate of drug-likeness (QED) is 0.797. The lowest BCUT2D eigenvalue weighted by Crippen LogP contribution is -2.04. The molecular formula is C13H10ClNO3. The maximum absolute atomic E-state index is 11.5. The molecule has 0 aliphatic heterocycles. The second-order valence-corrected chi connectivity index (χ2v) is 3.84. The SMILES string of the molecule is COC(=O)c1cccnc1Oc1cccc(Cl)c1. The number of pyridine rings is 1. The van der Waals surface area contributed by atoms with Crippen LogP contribution in [-0.4, -0.2) is 18.1 Å². The Labute approximate surface area is 109 Å². The number of nitrogens with zero attached hydrogens (tertiary/aromatic N) is 1. The van der Waals surface area contributed by atoms with Gasteiger partial charge in [-0.1, -0.05) is 17.7 Å². The maximum atomic E-state index is 11.5. The number of benzene rings is 1. The maximum Gasteiger partial charge on any atom is 0.343 e. The number of rotatable bonds is 3.